The average molecular weight is 537 g/mol. The van der Waals surface area contributed by atoms with Crippen LogP contribution in [0.2, 0.25) is 0 Å². The molecule has 0 fully saturated rings. The van der Waals surface area contributed by atoms with Gasteiger partial charge in [0, 0.05) is 23.3 Å². The highest BCUT2D eigenvalue weighted by atomic mass is 32.2. The Balaban J connectivity index is 1.87. The number of hydrogen-bond acceptors (Lipinski definition) is 8. The minimum Gasteiger partial charge on any atom is -0.506 e. The number of aryl methyl sites for hydroxylation is 1. The minimum atomic E-state index is -4.32. The van der Waals surface area contributed by atoms with E-state index in [1.165, 1.54) is 28.0 Å². The molecule has 10 nitrogen and oxygen atoms in total. The normalized spacial score (nSPS) is 14.8. The van der Waals surface area contributed by atoms with Gasteiger partial charge in [-0.05, 0) is 42.0 Å². The van der Waals surface area contributed by atoms with Gasteiger partial charge in [-0.2, -0.15) is 8.42 Å². The first-order valence-electron chi connectivity index (χ1n) is 10.6. The minimum absolute atomic E-state index is 0.0499. The number of hydrogen-bond donors (Lipinski definition) is 3. The molecule has 0 aliphatic carbocycles. The lowest BCUT2D eigenvalue weighted by molar-refractivity contribution is 0.466. The molecule has 3 heterocycles. The lowest BCUT2D eigenvalue weighted by Gasteiger charge is -2.21. The fourth-order valence-corrected chi connectivity index (χ4v) is 6.03. The van der Waals surface area contributed by atoms with Crippen LogP contribution in [0.3, 0.4) is 0 Å². The van der Waals surface area contributed by atoms with Gasteiger partial charge in [-0.1, -0.05) is 19.9 Å². The molecule has 2 aromatic heterocycles. The van der Waals surface area contributed by atoms with E-state index in [0.717, 1.165) is 12.3 Å². The van der Waals surface area contributed by atoms with Crippen LogP contribution < -0.4 is 15.6 Å². The summed E-state index contributed by atoms with van der Waals surface area (Å²) in [6.07, 6.45) is 3.22. The number of nitrogens with one attached hydrogen (secondary N) is 2. The SMILES string of the molecule is CC(C)CCn1cc(-c2cccs2)c(O)c(C2=NS(=O)(=O)c3cc(NS(C)(=O)=O)ccc3N2)c1=O. The van der Waals surface area contributed by atoms with E-state index in [2.05, 4.69) is 14.4 Å². The third-order valence-corrected chi connectivity index (χ3v) is 8.08. The number of aromatic nitrogens is 1. The largest absolute Gasteiger partial charge is 0.506 e. The van der Waals surface area contributed by atoms with E-state index < -0.39 is 25.6 Å². The van der Waals surface area contributed by atoms with Crippen LogP contribution in [0.25, 0.3) is 10.4 Å². The summed E-state index contributed by atoms with van der Waals surface area (Å²) in [5.74, 6) is -0.365. The Kier molecular flexibility index (Phi) is 6.51. The molecule has 0 amide bonds. The van der Waals surface area contributed by atoms with Crippen LogP contribution in [-0.2, 0) is 26.6 Å². The van der Waals surface area contributed by atoms with E-state index in [-0.39, 0.29) is 33.4 Å². The molecule has 0 unspecified atom stereocenters. The van der Waals surface area contributed by atoms with Gasteiger partial charge in [0.05, 0.1) is 17.5 Å². The summed E-state index contributed by atoms with van der Waals surface area (Å²) < 4.78 is 56.5. The Morgan fingerprint density at radius 2 is 2.00 bits per heavy atom. The summed E-state index contributed by atoms with van der Waals surface area (Å²) in [7, 11) is -7.95. The van der Waals surface area contributed by atoms with E-state index in [1.807, 2.05) is 25.3 Å². The standard InChI is InChI=1S/C22H24N4O6S3/c1-13(2)8-9-26-12-15(17-5-4-10-33-17)20(27)19(22(26)28)21-23-16-7-6-14(24-34(3,29)30)11-18(16)35(31,32)25-21/h4-7,10-13,24,27H,8-9H2,1-3H3,(H,23,25). The van der Waals surface area contributed by atoms with Crippen molar-refractivity contribution in [1.82, 2.24) is 4.57 Å². The highest BCUT2D eigenvalue weighted by molar-refractivity contribution is 7.92. The number of amidine groups is 1. The predicted molar refractivity (Wildman–Crippen MR) is 137 cm³/mol. The topological polar surface area (TPSA) is 147 Å². The zero-order valence-corrected chi connectivity index (χ0v) is 21.6. The lowest BCUT2D eigenvalue weighted by Crippen LogP contribution is -2.32. The molecule has 35 heavy (non-hydrogen) atoms. The van der Waals surface area contributed by atoms with Crippen molar-refractivity contribution in [2.45, 2.75) is 31.7 Å². The fourth-order valence-electron chi connectivity index (χ4n) is 3.59. The molecule has 0 atom stereocenters. The number of benzene rings is 1. The van der Waals surface area contributed by atoms with Crippen LogP contribution in [-0.4, -0.2) is 38.6 Å². The highest BCUT2D eigenvalue weighted by Gasteiger charge is 2.30. The Morgan fingerprint density at radius 3 is 2.63 bits per heavy atom. The molecule has 4 rings (SSSR count). The van der Waals surface area contributed by atoms with Gasteiger partial charge in [-0.25, -0.2) is 8.42 Å². The molecule has 3 aromatic rings. The zero-order chi connectivity index (χ0) is 25.5. The van der Waals surface area contributed by atoms with Crippen molar-refractivity contribution in [3.8, 4) is 16.2 Å². The highest BCUT2D eigenvalue weighted by Crippen LogP contribution is 2.36. The molecule has 0 saturated heterocycles. The Labute approximate surface area is 207 Å². The van der Waals surface area contributed by atoms with Gasteiger partial charge in [0.1, 0.15) is 16.2 Å². The van der Waals surface area contributed by atoms with Crippen molar-refractivity contribution in [2.75, 3.05) is 16.3 Å². The Morgan fingerprint density at radius 1 is 1.26 bits per heavy atom. The monoisotopic (exact) mass is 536 g/mol. The van der Waals surface area contributed by atoms with Crippen LogP contribution in [0.4, 0.5) is 11.4 Å². The molecule has 1 aliphatic rings. The smallest absolute Gasteiger partial charge is 0.286 e. The number of anilines is 2. The number of aromatic hydroxyl groups is 1. The van der Waals surface area contributed by atoms with Crippen molar-refractivity contribution >= 4 is 48.6 Å². The first-order valence-corrected chi connectivity index (χ1v) is 14.8. The number of nitrogens with zero attached hydrogens (tertiary/aromatic N) is 2. The molecule has 13 heteroatoms. The number of thiophene rings is 1. The van der Waals surface area contributed by atoms with Crippen LogP contribution >= 0.6 is 11.3 Å². The molecule has 0 saturated carbocycles. The quantitative estimate of drug-likeness (QED) is 0.420. The zero-order valence-electron chi connectivity index (χ0n) is 19.1. The maximum atomic E-state index is 13.4. The molecule has 186 valence electrons. The van der Waals surface area contributed by atoms with Gasteiger partial charge < -0.3 is 15.0 Å². The lowest BCUT2D eigenvalue weighted by atomic mass is 10.1. The predicted octanol–water partition coefficient (Wildman–Crippen LogP) is 3.26. The summed E-state index contributed by atoms with van der Waals surface area (Å²) in [5, 5.41) is 15.7. The molecular formula is C22H24N4O6S3. The maximum Gasteiger partial charge on any atom is 0.286 e. The van der Waals surface area contributed by atoms with Gasteiger partial charge in [0.2, 0.25) is 10.0 Å². The first-order chi connectivity index (χ1) is 16.4. The average Bonchev–Trinajstić information content (AvgIpc) is 3.27. The molecule has 0 radical (unpaired) electrons. The fraction of sp³-hybridized carbons (Fsp3) is 0.273. The number of sulfonamides is 2. The van der Waals surface area contributed by atoms with E-state index >= 15 is 0 Å². The van der Waals surface area contributed by atoms with Gasteiger partial charge in [0.25, 0.3) is 15.6 Å². The molecule has 0 bridgehead atoms. The van der Waals surface area contributed by atoms with Crippen LogP contribution in [0.1, 0.15) is 25.8 Å². The molecule has 1 aromatic carbocycles. The number of rotatable bonds is 7. The second-order valence-corrected chi connectivity index (χ2v) is 12.8. The number of fused-ring (bicyclic) bond motifs is 1. The summed E-state index contributed by atoms with van der Waals surface area (Å²) in [6, 6.07) is 7.49. The summed E-state index contributed by atoms with van der Waals surface area (Å²) in [5.41, 5.74) is -0.299. The van der Waals surface area contributed by atoms with Gasteiger partial charge in [-0.15, -0.1) is 15.7 Å². The third-order valence-electron chi connectivity index (χ3n) is 5.25. The molecule has 1 aliphatic heterocycles. The first kappa shape index (κ1) is 24.9. The van der Waals surface area contributed by atoms with Gasteiger partial charge in [-0.3, -0.25) is 9.52 Å². The van der Waals surface area contributed by atoms with E-state index in [9.17, 15) is 26.7 Å². The van der Waals surface area contributed by atoms with E-state index in [4.69, 9.17) is 0 Å². The molecule has 0 spiro atoms. The molecular weight excluding hydrogens is 512 g/mol. The number of pyridine rings is 1. The Hall–Kier alpha value is -3.16. The summed E-state index contributed by atoms with van der Waals surface area (Å²) >= 11 is 1.37. The van der Waals surface area contributed by atoms with Crippen LogP contribution in [0.5, 0.6) is 5.75 Å². The van der Waals surface area contributed by atoms with Crippen molar-refractivity contribution < 1.29 is 21.9 Å². The Bertz CT molecular complexity index is 1590. The summed E-state index contributed by atoms with van der Waals surface area (Å²) in [4.78, 5) is 13.8. The third kappa shape index (κ3) is 5.26. The molecule has 3 N–H and O–H groups in total. The van der Waals surface area contributed by atoms with Gasteiger partial charge >= 0.3 is 0 Å². The van der Waals surface area contributed by atoms with E-state index in [0.29, 0.717) is 29.3 Å². The van der Waals surface area contributed by atoms with Crippen molar-refractivity contribution in [3.05, 3.63) is 57.8 Å². The summed E-state index contributed by atoms with van der Waals surface area (Å²) in [6.45, 7) is 4.42. The van der Waals surface area contributed by atoms with Crippen LogP contribution in [0, 0.1) is 5.92 Å². The van der Waals surface area contributed by atoms with Crippen molar-refractivity contribution in [3.63, 3.8) is 0 Å². The van der Waals surface area contributed by atoms with Crippen molar-refractivity contribution in [1.29, 1.82) is 0 Å². The second kappa shape index (κ2) is 9.13. The van der Waals surface area contributed by atoms with Gasteiger partial charge in [0.15, 0.2) is 5.84 Å². The van der Waals surface area contributed by atoms with Crippen LogP contribution in [0.15, 0.2) is 56.0 Å². The van der Waals surface area contributed by atoms with E-state index in [1.54, 1.807) is 12.3 Å². The van der Waals surface area contributed by atoms with Crippen molar-refractivity contribution in [2.24, 2.45) is 10.3 Å². The maximum absolute atomic E-state index is 13.4. The second-order valence-electron chi connectivity index (χ2n) is 8.55.